The molecule has 0 heterocycles. The summed E-state index contributed by atoms with van der Waals surface area (Å²) >= 11 is 4.39. The van der Waals surface area contributed by atoms with Gasteiger partial charge in [-0.1, -0.05) is 30.3 Å². The highest BCUT2D eigenvalue weighted by molar-refractivity contribution is 7.80. The zero-order chi connectivity index (χ0) is 10.7. The minimum Gasteiger partial charge on any atom is -0.192 e. The van der Waals surface area contributed by atoms with Crippen LogP contribution in [0.15, 0.2) is 53.4 Å². The van der Waals surface area contributed by atoms with Gasteiger partial charge in [-0.05, 0) is 29.3 Å². The molecule has 0 amide bonds. The minimum absolute atomic E-state index is 0.670. The summed E-state index contributed by atoms with van der Waals surface area (Å²) in [5, 5.41) is 8.81. The lowest BCUT2D eigenvalue weighted by Crippen LogP contribution is -1.81. The van der Waals surface area contributed by atoms with Crippen LogP contribution in [0.4, 0.5) is 0 Å². The molecule has 0 fully saturated rings. The molecule has 72 valence electrons. The Morgan fingerprint density at radius 2 is 1.80 bits per heavy atom. The first-order valence-corrected chi connectivity index (χ1v) is 5.04. The van der Waals surface area contributed by atoms with Crippen LogP contribution in [-0.4, -0.2) is 0 Å². The Kier molecular flexibility index (Phi) is 2.75. The summed E-state index contributed by atoms with van der Waals surface area (Å²) in [4.78, 5) is 0.924. The molecule has 1 nitrogen and oxygen atoms in total. The molecule has 2 heteroatoms. The van der Waals surface area contributed by atoms with E-state index >= 15 is 0 Å². The molecular formula is C13H9NS. The Morgan fingerprint density at radius 3 is 2.53 bits per heavy atom. The minimum atomic E-state index is 0.670. The smallest absolute Gasteiger partial charge is 0.0991 e. The van der Waals surface area contributed by atoms with Crippen molar-refractivity contribution in [2.24, 2.45) is 0 Å². The van der Waals surface area contributed by atoms with Crippen LogP contribution < -0.4 is 0 Å². The average Bonchev–Trinajstić information content (AvgIpc) is 2.30. The molecule has 0 atom stereocenters. The highest BCUT2D eigenvalue weighted by atomic mass is 32.1. The van der Waals surface area contributed by atoms with E-state index in [0.29, 0.717) is 5.56 Å². The first-order valence-electron chi connectivity index (χ1n) is 4.60. The van der Waals surface area contributed by atoms with Gasteiger partial charge in [-0.3, -0.25) is 0 Å². The van der Waals surface area contributed by atoms with E-state index in [1.54, 1.807) is 6.07 Å². The van der Waals surface area contributed by atoms with E-state index in [0.717, 1.165) is 16.0 Å². The van der Waals surface area contributed by atoms with Crippen LogP contribution in [0.1, 0.15) is 5.56 Å². The summed E-state index contributed by atoms with van der Waals surface area (Å²) in [7, 11) is 0. The van der Waals surface area contributed by atoms with Crippen LogP contribution >= 0.6 is 12.6 Å². The predicted octanol–water partition coefficient (Wildman–Crippen LogP) is 3.51. The molecule has 0 spiro atoms. The van der Waals surface area contributed by atoms with Crippen LogP contribution in [-0.2, 0) is 0 Å². The van der Waals surface area contributed by atoms with E-state index in [-0.39, 0.29) is 0 Å². The monoisotopic (exact) mass is 211 g/mol. The average molecular weight is 211 g/mol. The Hall–Kier alpha value is -1.72. The number of nitrogens with zero attached hydrogens (tertiary/aromatic N) is 1. The van der Waals surface area contributed by atoms with Crippen molar-refractivity contribution in [3.63, 3.8) is 0 Å². The van der Waals surface area contributed by atoms with Crippen molar-refractivity contribution >= 4 is 12.6 Å². The SMILES string of the molecule is N#Cc1cccc(-c2ccccc2S)c1. The van der Waals surface area contributed by atoms with Crippen molar-refractivity contribution in [2.75, 3.05) is 0 Å². The maximum Gasteiger partial charge on any atom is 0.0991 e. The maximum atomic E-state index is 8.81. The summed E-state index contributed by atoms with van der Waals surface area (Å²) in [6.45, 7) is 0. The zero-order valence-electron chi connectivity index (χ0n) is 8.01. The van der Waals surface area contributed by atoms with Gasteiger partial charge in [0, 0.05) is 4.90 Å². The van der Waals surface area contributed by atoms with Crippen LogP contribution in [0.5, 0.6) is 0 Å². The Bertz CT molecular complexity index is 526. The van der Waals surface area contributed by atoms with E-state index < -0.39 is 0 Å². The maximum absolute atomic E-state index is 8.81. The summed E-state index contributed by atoms with van der Waals surface area (Å²) in [5.41, 5.74) is 2.75. The third-order valence-electron chi connectivity index (χ3n) is 2.21. The van der Waals surface area contributed by atoms with Crippen molar-refractivity contribution in [1.29, 1.82) is 5.26 Å². The Labute approximate surface area is 94.4 Å². The first-order chi connectivity index (χ1) is 7.31. The topological polar surface area (TPSA) is 23.8 Å². The molecule has 0 aliphatic heterocycles. The first kappa shape index (κ1) is 9.82. The number of thiol groups is 1. The van der Waals surface area contributed by atoms with Crippen molar-refractivity contribution in [1.82, 2.24) is 0 Å². The van der Waals surface area contributed by atoms with Gasteiger partial charge in [-0.2, -0.15) is 5.26 Å². The number of nitriles is 1. The van der Waals surface area contributed by atoms with Gasteiger partial charge in [-0.15, -0.1) is 12.6 Å². The molecule has 0 N–H and O–H groups in total. The molecule has 2 aromatic rings. The molecule has 0 aliphatic carbocycles. The van der Waals surface area contributed by atoms with E-state index in [4.69, 9.17) is 5.26 Å². The second-order valence-corrected chi connectivity index (χ2v) is 3.69. The van der Waals surface area contributed by atoms with Gasteiger partial charge in [0.25, 0.3) is 0 Å². The van der Waals surface area contributed by atoms with Gasteiger partial charge < -0.3 is 0 Å². The summed E-state index contributed by atoms with van der Waals surface area (Å²) in [6, 6.07) is 17.5. The highest BCUT2D eigenvalue weighted by Crippen LogP contribution is 2.26. The van der Waals surface area contributed by atoms with Gasteiger partial charge in [0.15, 0.2) is 0 Å². The lowest BCUT2D eigenvalue weighted by atomic mass is 10.0. The highest BCUT2D eigenvalue weighted by Gasteiger charge is 2.01. The van der Waals surface area contributed by atoms with Gasteiger partial charge >= 0.3 is 0 Å². The van der Waals surface area contributed by atoms with Crippen LogP contribution in [0.2, 0.25) is 0 Å². The van der Waals surface area contributed by atoms with Crippen molar-refractivity contribution in [3.8, 4) is 17.2 Å². The van der Waals surface area contributed by atoms with Crippen LogP contribution in [0, 0.1) is 11.3 Å². The molecule has 0 unspecified atom stereocenters. The van der Waals surface area contributed by atoms with Crippen LogP contribution in [0.25, 0.3) is 11.1 Å². The normalized spacial score (nSPS) is 9.60. The number of hydrogen-bond acceptors (Lipinski definition) is 2. The second kappa shape index (κ2) is 4.20. The quantitative estimate of drug-likeness (QED) is 0.717. The van der Waals surface area contributed by atoms with Gasteiger partial charge in [0.05, 0.1) is 11.6 Å². The van der Waals surface area contributed by atoms with Crippen LogP contribution in [0.3, 0.4) is 0 Å². The van der Waals surface area contributed by atoms with Crippen molar-refractivity contribution in [2.45, 2.75) is 4.90 Å². The molecule has 15 heavy (non-hydrogen) atoms. The standard InChI is InChI=1S/C13H9NS/c14-9-10-4-3-5-11(8-10)12-6-1-2-7-13(12)15/h1-8,15H. The fourth-order valence-corrected chi connectivity index (χ4v) is 1.76. The summed E-state index contributed by atoms with van der Waals surface area (Å²) in [5.74, 6) is 0. The molecule has 2 aromatic carbocycles. The van der Waals surface area contributed by atoms with E-state index in [1.807, 2.05) is 42.5 Å². The summed E-state index contributed by atoms with van der Waals surface area (Å²) < 4.78 is 0. The lowest BCUT2D eigenvalue weighted by Gasteiger charge is -2.04. The number of hydrogen-bond donors (Lipinski definition) is 1. The van der Waals surface area contributed by atoms with E-state index in [2.05, 4.69) is 18.7 Å². The lowest BCUT2D eigenvalue weighted by molar-refractivity contribution is 1.44. The third kappa shape index (κ3) is 2.03. The van der Waals surface area contributed by atoms with Crippen molar-refractivity contribution < 1.29 is 0 Å². The number of benzene rings is 2. The molecule has 0 saturated carbocycles. The van der Waals surface area contributed by atoms with Crippen molar-refractivity contribution in [3.05, 3.63) is 54.1 Å². The van der Waals surface area contributed by atoms with Gasteiger partial charge in [-0.25, -0.2) is 0 Å². The second-order valence-electron chi connectivity index (χ2n) is 3.21. The molecule has 0 aromatic heterocycles. The van der Waals surface area contributed by atoms with Gasteiger partial charge in [0.1, 0.15) is 0 Å². The Balaban J connectivity index is 2.55. The fraction of sp³-hybridized carbons (Fsp3) is 0. The van der Waals surface area contributed by atoms with E-state index in [9.17, 15) is 0 Å². The zero-order valence-corrected chi connectivity index (χ0v) is 8.91. The fourth-order valence-electron chi connectivity index (χ4n) is 1.47. The molecule has 0 bridgehead atoms. The summed E-state index contributed by atoms with van der Waals surface area (Å²) in [6.07, 6.45) is 0. The predicted molar refractivity (Wildman–Crippen MR) is 63.8 cm³/mol. The van der Waals surface area contributed by atoms with E-state index in [1.165, 1.54) is 0 Å². The molecule has 2 rings (SSSR count). The number of rotatable bonds is 1. The Morgan fingerprint density at radius 1 is 1.00 bits per heavy atom. The van der Waals surface area contributed by atoms with Gasteiger partial charge in [0.2, 0.25) is 0 Å². The molecule has 0 radical (unpaired) electrons. The largest absolute Gasteiger partial charge is 0.192 e. The molecule has 0 aliphatic rings. The third-order valence-corrected chi connectivity index (χ3v) is 2.60. The molecule has 0 saturated heterocycles. The molecular weight excluding hydrogens is 202 g/mol.